The van der Waals surface area contributed by atoms with Crippen molar-refractivity contribution in [2.45, 2.75) is 19.5 Å². The van der Waals surface area contributed by atoms with Crippen LogP contribution in [0.25, 0.3) is 10.9 Å². The monoisotopic (exact) mass is 273 g/mol. The van der Waals surface area contributed by atoms with E-state index >= 15 is 0 Å². The average molecular weight is 273 g/mol. The molecular weight excluding hydrogens is 250 g/mol. The van der Waals surface area contributed by atoms with Crippen LogP contribution in [0, 0.1) is 0 Å². The van der Waals surface area contributed by atoms with Crippen molar-refractivity contribution in [3.8, 4) is 0 Å². The maximum Gasteiger partial charge on any atom is 0.0594 e. The van der Waals surface area contributed by atoms with Crippen molar-refractivity contribution in [3.05, 3.63) is 36.0 Å². The molecule has 2 aromatic rings. The van der Waals surface area contributed by atoms with Crippen LogP contribution in [0.3, 0.4) is 0 Å². The van der Waals surface area contributed by atoms with Gasteiger partial charge in [0.1, 0.15) is 0 Å². The third kappa shape index (κ3) is 3.20. The van der Waals surface area contributed by atoms with E-state index in [1.54, 1.807) is 0 Å². The molecular formula is C16H23N3O. The number of nitrogens with zero attached hydrogens (tertiary/aromatic N) is 1. The summed E-state index contributed by atoms with van der Waals surface area (Å²) in [5.41, 5.74) is 2.58. The second-order valence-electron chi connectivity index (χ2n) is 5.55. The Bertz CT molecular complexity index is 545. The standard InChI is InChI=1S/C16H23N3O/c1-13(12-19-7-9-20-10-8-19)18-11-15-4-2-3-14-5-6-17-16(14)15/h2-6,13,17-18H,7-12H2,1H3. The summed E-state index contributed by atoms with van der Waals surface area (Å²) in [5, 5.41) is 4.91. The van der Waals surface area contributed by atoms with E-state index < -0.39 is 0 Å². The molecule has 0 spiro atoms. The molecule has 1 aromatic carbocycles. The van der Waals surface area contributed by atoms with Crippen molar-refractivity contribution in [2.75, 3.05) is 32.8 Å². The fraction of sp³-hybridized carbons (Fsp3) is 0.500. The van der Waals surface area contributed by atoms with E-state index in [4.69, 9.17) is 4.74 Å². The Kier molecular flexibility index (Phi) is 4.35. The van der Waals surface area contributed by atoms with E-state index in [9.17, 15) is 0 Å². The van der Waals surface area contributed by atoms with E-state index in [1.165, 1.54) is 16.5 Å². The van der Waals surface area contributed by atoms with Crippen LogP contribution >= 0.6 is 0 Å². The third-order valence-corrected chi connectivity index (χ3v) is 3.95. The first-order valence-corrected chi connectivity index (χ1v) is 7.41. The highest BCUT2D eigenvalue weighted by Gasteiger charge is 2.13. The Morgan fingerprint density at radius 3 is 3.00 bits per heavy atom. The molecule has 1 aliphatic rings. The Balaban J connectivity index is 1.54. The van der Waals surface area contributed by atoms with Gasteiger partial charge in [-0.25, -0.2) is 0 Å². The van der Waals surface area contributed by atoms with Gasteiger partial charge in [-0.15, -0.1) is 0 Å². The summed E-state index contributed by atoms with van der Waals surface area (Å²) in [7, 11) is 0. The van der Waals surface area contributed by atoms with E-state index in [0.717, 1.165) is 39.4 Å². The van der Waals surface area contributed by atoms with E-state index in [0.29, 0.717) is 6.04 Å². The SMILES string of the molecule is CC(CN1CCOCC1)NCc1cccc2cc[nH]c12. The molecule has 4 heteroatoms. The molecule has 1 atom stereocenters. The summed E-state index contributed by atoms with van der Waals surface area (Å²) in [6.45, 7) is 8.09. The number of rotatable bonds is 5. The highest BCUT2D eigenvalue weighted by molar-refractivity contribution is 5.82. The lowest BCUT2D eigenvalue weighted by Crippen LogP contribution is -2.44. The Labute approximate surface area is 120 Å². The summed E-state index contributed by atoms with van der Waals surface area (Å²) in [5.74, 6) is 0. The Morgan fingerprint density at radius 2 is 2.15 bits per heavy atom. The predicted octanol–water partition coefficient (Wildman–Crippen LogP) is 1.98. The van der Waals surface area contributed by atoms with E-state index in [2.05, 4.69) is 46.4 Å². The number of fused-ring (bicyclic) bond motifs is 1. The molecule has 4 nitrogen and oxygen atoms in total. The summed E-state index contributed by atoms with van der Waals surface area (Å²) >= 11 is 0. The number of aromatic amines is 1. The number of hydrogen-bond acceptors (Lipinski definition) is 3. The molecule has 2 N–H and O–H groups in total. The first-order chi connectivity index (χ1) is 9.83. The van der Waals surface area contributed by atoms with Crippen LogP contribution in [-0.2, 0) is 11.3 Å². The normalized spacial score (nSPS) is 18.4. The highest BCUT2D eigenvalue weighted by atomic mass is 16.5. The van der Waals surface area contributed by atoms with Crippen molar-refractivity contribution >= 4 is 10.9 Å². The van der Waals surface area contributed by atoms with Crippen LogP contribution in [-0.4, -0.2) is 48.8 Å². The van der Waals surface area contributed by atoms with Crippen molar-refractivity contribution in [2.24, 2.45) is 0 Å². The molecule has 20 heavy (non-hydrogen) atoms. The van der Waals surface area contributed by atoms with Crippen LogP contribution < -0.4 is 5.32 Å². The van der Waals surface area contributed by atoms with Gasteiger partial charge in [0.25, 0.3) is 0 Å². The minimum atomic E-state index is 0.485. The summed E-state index contributed by atoms with van der Waals surface area (Å²) in [6.07, 6.45) is 2.01. The molecule has 0 aliphatic carbocycles. The smallest absolute Gasteiger partial charge is 0.0594 e. The van der Waals surface area contributed by atoms with Gasteiger partial charge in [0.2, 0.25) is 0 Å². The van der Waals surface area contributed by atoms with E-state index in [1.807, 2.05) is 6.20 Å². The van der Waals surface area contributed by atoms with Crippen molar-refractivity contribution in [1.82, 2.24) is 15.2 Å². The lowest BCUT2D eigenvalue weighted by molar-refractivity contribution is 0.0343. The highest BCUT2D eigenvalue weighted by Crippen LogP contribution is 2.16. The zero-order valence-corrected chi connectivity index (χ0v) is 12.1. The Morgan fingerprint density at radius 1 is 1.30 bits per heavy atom. The number of para-hydroxylation sites is 1. The zero-order valence-electron chi connectivity index (χ0n) is 12.1. The van der Waals surface area contributed by atoms with E-state index in [-0.39, 0.29) is 0 Å². The van der Waals surface area contributed by atoms with Gasteiger partial charge in [0, 0.05) is 43.9 Å². The molecule has 2 heterocycles. The molecule has 1 fully saturated rings. The molecule has 1 aliphatic heterocycles. The minimum Gasteiger partial charge on any atom is -0.379 e. The lowest BCUT2D eigenvalue weighted by Gasteiger charge is -2.29. The number of hydrogen-bond donors (Lipinski definition) is 2. The van der Waals surface area contributed by atoms with Gasteiger partial charge in [-0.3, -0.25) is 4.90 Å². The number of morpholine rings is 1. The van der Waals surface area contributed by atoms with Crippen LogP contribution in [0.2, 0.25) is 0 Å². The molecule has 1 unspecified atom stereocenters. The van der Waals surface area contributed by atoms with Gasteiger partial charge < -0.3 is 15.0 Å². The van der Waals surface area contributed by atoms with Crippen molar-refractivity contribution < 1.29 is 4.74 Å². The van der Waals surface area contributed by atoms with Gasteiger partial charge in [-0.1, -0.05) is 18.2 Å². The van der Waals surface area contributed by atoms with Gasteiger partial charge in [-0.2, -0.15) is 0 Å². The fourth-order valence-electron chi connectivity index (χ4n) is 2.82. The zero-order chi connectivity index (χ0) is 13.8. The lowest BCUT2D eigenvalue weighted by atomic mass is 10.1. The maximum atomic E-state index is 5.38. The second-order valence-corrected chi connectivity index (χ2v) is 5.55. The fourth-order valence-corrected chi connectivity index (χ4v) is 2.82. The quantitative estimate of drug-likeness (QED) is 0.875. The first-order valence-electron chi connectivity index (χ1n) is 7.41. The topological polar surface area (TPSA) is 40.3 Å². The minimum absolute atomic E-state index is 0.485. The number of aromatic nitrogens is 1. The van der Waals surface area contributed by atoms with Crippen LogP contribution in [0.5, 0.6) is 0 Å². The predicted molar refractivity (Wildman–Crippen MR) is 81.9 cm³/mol. The van der Waals surface area contributed by atoms with Gasteiger partial charge in [-0.05, 0) is 23.9 Å². The van der Waals surface area contributed by atoms with Gasteiger partial charge in [0.15, 0.2) is 0 Å². The number of benzene rings is 1. The molecule has 0 saturated carbocycles. The number of H-pyrrole nitrogens is 1. The van der Waals surface area contributed by atoms with Gasteiger partial charge >= 0.3 is 0 Å². The van der Waals surface area contributed by atoms with Crippen molar-refractivity contribution in [3.63, 3.8) is 0 Å². The first kappa shape index (κ1) is 13.6. The molecule has 0 bridgehead atoms. The van der Waals surface area contributed by atoms with Crippen LogP contribution in [0.4, 0.5) is 0 Å². The maximum absolute atomic E-state index is 5.38. The summed E-state index contributed by atoms with van der Waals surface area (Å²) in [6, 6.07) is 9.06. The molecule has 1 saturated heterocycles. The molecule has 108 valence electrons. The van der Waals surface area contributed by atoms with Crippen molar-refractivity contribution in [1.29, 1.82) is 0 Å². The molecule has 1 aromatic heterocycles. The average Bonchev–Trinajstić information content (AvgIpc) is 2.95. The summed E-state index contributed by atoms with van der Waals surface area (Å²) < 4.78 is 5.38. The Hall–Kier alpha value is -1.36. The second kappa shape index (κ2) is 6.39. The van der Waals surface area contributed by atoms with Gasteiger partial charge in [0.05, 0.1) is 13.2 Å². The van der Waals surface area contributed by atoms with Crippen LogP contribution in [0.1, 0.15) is 12.5 Å². The number of ether oxygens (including phenoxy) is 1. The summed E-state index contributed by atoms with van der Waals surface area (Å²) in [4.78, 5) is 5.79. The van der Waals surface area contributed by atoms with Crippen LogP contribution in [0.15, 0.2) is 30.5 Å². The molecule has 0 amide bonds. The molecule has 0 radical (unpaired) electrons. The number of nitrogens with one attached hydrogen (secondary N) is 2. The third-order valence-electron chi connectivity index (χ3n) is 3.95. The molecule has 3 rings (SSSR count). The largest absolute Gasteiger partial charge is 0.379 e.